The van der Waals surface area contributed by atoms with Crippen LogP contribution in [0.1, 0.15) is 16.8 Å². The Morgan fingerprint density at radius 2 is 1.92 bits per heavy atom. The van der Waals surface area contributed by atoms with E-state index in [0.29, 0.717) is 22.2 Å². The summed E-state index contributed by atoms with van der Waals surface area (Å²) in [6, 6.07) is 3.52. The lowest BCUT2D eigenvalue weighted by Gasteiger charge is -2.11. The predicted octanol–water partition coefficient (Wildman–Crippen LogP) is 1.47. The first-order valence-corrected chi connectivity index (χ1v) is 8.63. The molecule has 3 rings (SSSR count). The van der Waals surface area contributed by atoms with Crippen molar-refractivity contribution >= 4 is 22.0 Å². The zero-order valence-corrected chi connectivity index (χ0v) is 15.2. The number of aryl methyl sites for hydroxylation is 1. The molecule has 1 unspecified atom stereocenters. The van der Waals surface area contributed by atoms with E-state index >= 15 is 0 Å². The van der Waals surface area contributed by atoms with E-state index in [9.17, 15) is 4.21 Å². The number of ether oxygens (including phenoxy) is 2. The molecule has 0 amide bonds. The van der Waals surface area contributed by atoms with E-state index in [0.717, 1.165) is 22.6 Å². The van der Waals surface area contributed by atoms with Crippen molar-refractivity contribution in [3.63, 3.8) is 0 Å². The first-order valence-electron chi connectivity index (χ1n) is 7.31. The van der Waals surface area contributed by atoms with Crippen molar-refractivity contribution in [2.45, 2.75) is 24.8 Å². The summed E-state index contributed by atoms with van der Waals surface area (Å²) in [6.07, 6.45) is 1.73. The monoisotopic (exact) mass is 364 g/mol. The van der Waals surface area contributed by atoms with Gasteiger partial charge < -0.3 is 19.9 Å². The first-order chi connectivity index (χ1) is 11.5. The molecule has 0 radical (unpaired) electrons. The second-order valence-corrected chi connectivity index (χ2v) is 6.67. The van der Waals surface area contributed by atoms with E-state index in [1.807, 2.05) is 13.8 Å². The van der Waals surface area contributed by atoms with Crippen molar-refractivity contribution in [2.24, 2.45) is 0 Å². The molecule has 1 atom stereocenters. The van der Waals surface area contributed by atoms with Gasteiger partial charge in [0.1, 0.15) is 5.75 Å². The van der Waals surface area contributed by atoms with E-state index in [4.69, 9.17) is 9.47 Å². The summed E-state index contributed by atoms with van der Waals surface area (Å²) in [4.78, 5) is 15.9. The van der Waals surface area contributed by atoms with Crippen LogP contribution < -0.4 is 9.47 Å². The van der Waals surface area contributed by atoms with Crippen molar-refractivity contribution in [1.82, 2.24) is 19.9 Å². The Hall–Kier alpha value is -2.52. The third-order valence-electron chi connectivity index (χ3n) is 3.74. The van der Waals surface area contributed by atoms with Crippen LogP contribution in [0.2, 0.25) is 0 Å². The highest BCUT2D eigenvalue weighted by Gasteiger charge is 2.16. The number of rotatable bonds is 5. The quantitative estimate of drug-likeness (QED) is 0.731. The lowest BCUT2D eigenvalue weighted by molar-refractivity contribution is 0.399. The number of pyridine rings is 2. The Labute approximate surface area is 147 Å². The van der Waals surface area contributed by atoms with Gasteiger partial charge in [0.15, 0.2) is 10.8 Å². The number of hydrogen-bond acceptors (Lipinski definition) is 6. The highest BCUT2D eigenvalue weighted by molar-refractivity contribution is 7.84. The highest BCUT2D eigenvalue weighted by atomic mass is 32.2. The van der Waals surface area contributed by atoms with Crippen LogP contribution in [0.3, 0.4) is 0 Å². The molecule has 3 N–H and O–H groups in total. The Morgan fingerprint density at radius 3 is 2.60 bits per heavy atom. The Bertz CT molecular complexity index is 926. The molecule has 0 aliphatic carbocycles. The topological polar surface area (TPSA) is 121 Å². The maximum absolute atomic E-state index is 12.7. The normalized spacial score (nSPS) is 11.8. The molecular formula is C16H20N4O4S. The van der Waals surface area contributed by atoms with E-state index in [-0.39, 0.29) is 11.2 Å². The molecule has 134 valence electrons. The minimum absolute atomic E-state index is 0. The van der Waals surface area contributed by atoms with Gasteiger partial charge in [0.05, 0.1) is 42.0 Å². The number of aromatic nitrogens is 4. The van der Waals surface area contributed by atoms with Crippen LogP contribution in [-0.2, 0) is 16.6 Å². The SMILES string of the molecule is COc1ccc2[nH]c(S(=O)Cc3ncc(C)c(OC)c3C)nc2n1.O. The molecule has 0 bridgehead atoms. The molecule has 0 fully saturated rings. The van der Waals surface area contributed by atoms with Gasteiger partial charge in [-0.3, -0.25) is 9.19 Å². The third kappa shape index (κ3) is 3.62. The van der Waals surface area contributed by atoms with E-state index < -0.39 is 10.8 Å². The lowest BCUT2D eigenvalue weighted by Crippen LogP contribution is -2.05. The summed E-state index contributed by atoms with van der Waals surface area (Å²) < 4.78 is 23.1. The summed E-state index contributed by atoms with van der Waals surface area (Å²) in [5.41, 5.74) is 3.75. The molecular weight excluding hydrogens is 344 g/mol. The van der Waals surface area contributed by atoms with Gasteiger partial charge in [-0.25, -0.2) is 4.98 Å². The van der Waals surface area contributed by atoms with Crippen molar-refractivity contribution in [3.8, 4) is 11.6 Å². The zero-order valence-electron chi connectivity index (χ0n) is 14.4. The van der Waals surface area contributed by atoms with Crippen LogP contribution in [0, 0.1) is 13.8 Å². The number of H-pyrrole nitrogens is 1. The number of methoxy groups -OCH3 is 2. The van der Waals surface area contributed by atoms with Crippen LogP contribution in [0.15, 0.2) is 23.5 Å². The summed E-state index contributed by atoms with van der Waals surface area (Å²) >= 11 is 0. The Kier molecular flexibility index (Phi) is 5.70. The minimum Gasteiger partial charge on any atom is -0.496 e. The average Bonchev–Trinajstić information content (AvgIpc) is 3.01. The van der Waals surface area contributed by atoms with Crippen LogP contribution in [0.4, 0.5) is 0 Å². The summed E-state index contributed by atoms with van der Waals surface area (Å²) in [5, 5.41) is 0.367. The van der Waals surface area contributed by atoms with Gasteiger partial charge in [0.2, 0.25) is 5.88 Å². The largest absolute Gasteiger partial charge is 0.496 e. The highest BCUT2D eigenvalue weighted by Crippen LogP contribution is 2.25. The molecule has 0 saturated carbocycles. The molecule has 0 aliphatic rings. The average molecular weight is 364 g/mol. The fraction of sp³-hybridized carbons (Fsp3) is 0.312. The molecule has 8 nitrogen and oxygen atoms in total. The molecule has 9 heteroatoms. The van der Waals surface area contributed by atoms with Crippen LogP contribution >= 0.6 is 0 Å². The zero-order chi connectivity index (χ0) is 17.3. The second-order valence-electron chi connectivity index (χ2n) is 5.30. The smallest absolute Gasteiger partial charge is 0.215 e. The fourth-order valence-electron chi connectivity index (χ4n) is 2.48. The maximum Gasteiger partial charge on any atom is 0.215 e. The molecule has 3 aromatic heterocycles. The van der Waals surface area contributed by atoms with Crippen LogP contribution in [-0.4, -0.2) is 43.8 Å². The van der Waals surface area contributed by atoms with Crippen molar-refractivity contribution in [2.75, 3.05) is 14.2 Å². The molecule has 0 saturated heterocycles. The summed E-state index contributed by atoms with van der Waals surface area (Å²) in [6.45, 7) is 3.84. The van der Waals surface area contributed by atoms with Gasteiger partial charge in [-0.15, -0.1) is 0 Å². The van der Waals surface area contributed by atoms with Gasteiger partial charge in [-0.1, -0.05) is 0 Å². The minimum atomic E-state index is -1.37. The standard InChI is InChI=1S/C16H18N4O3S.H2O/c1-9-7-17-12(10(2)14(9)23-4)8-24(21)16-18-11-5-6-13(22-3)19-15(11)20-16;/h5-7H,8H2,1-4H3,(H,18,19,20);1H2. The number of aromatic amines is 1. The van der Waals surface area contributed by atoms with Gasteiger partial charge >= 0.3 is 0 Å². The van der Waals surface area contributed by atoms with Crippen LogP contribution in [0.25, 0.3) is 11.2 Å². The van der Waals surface area contributed by atoms with Crippen molar-refractivity contribution < 1.29 is 19.2 Å². The molecule has 0 aliphatic heterocycles. The molecule has 0 aromatic carbocycles. The number of fused-ring (bicyclic) bond motifs is 1. The Morgan fingerprint density at radius 1 is 1.16 bits per heavy atom. The van der Waals surface area contributed by atoms with E-state index in [1.54, 1.807) is 32.5 Å². The number of nitrogens with zero attached hydrogens (tertiary/aromatic N) is 3. The van der Waals surface area contributed by atoms with Gasteiger partial charge in [-0.2, -0.15) is 4.98 Å². The molecule has 3 heterocycles. The summed E-state index contributed by atoms with van der Waals surface area (Å²) in [7, 11) is 1.79. The van der Waals surface area contributed by atoms with Crippen molar-refractivity contribution in [3.05, 3.63) is 35.2 Å². The number of hydrogen-bond donors (Lipinski definition) is 1. The first kappa shape index (κ1) is 18.8. The van der Waals surface area contributed by atoms with Gasteiger partial charge in [0.25, 0.3) is 0 Å². The van der Waals surface area contributed by atoms with Gasteiger partial charge in [-0.05, 0) is 19.9 Å². The summed E-state index contributed by atoms with van der Waals surface area (Å²) in [5.74, 6) is 1.49. The van der Waals surface area contributed by atoms with Crippen molar-refractivity contribution in [1.29, 1.82) is 0 Å². The second kappa shape index (κ2) is 7.58. The molecule has 3 aromatic rings. The predicted molar refractivity (Wildman–Crippen MR) is 94.4 cm³/mol. The van der Waals surface area contributed by atoms with Crippen LogP contribution in [0.5, 0.6) is 11.6 Å². The number of imidazole rings is 1. The number of nitrogens with one attached hydrogen (secondary N) is 1. The molecule has 25 heavy (non-hydrogen) atoms. The molecule has 0 spiro atoms. The third-order valence-corrected chi connectivity index (χ3v) is 4.90. The van der Waals surface area contributed by atoms with E-state index in [1.165, 1.54) is 0 Å². The fourth-order valence-corrected chi connectivity index (χ4v) is 3.57. The Balaban J connectivity index is 0.00000225. The lowest BCUT2D eigenvalue weighted by atomic mass is 10.1. The maximum atomic E-state index is 12.7. The van der Waals surface area contributed by atoms with E-state index in [2.05, 4.69) is 19.9 Å². The van der Waals surface area contributed by atoms with Gasteiger partial charge in [0, 0.05) is 23.4 Å².